The Morgan fingerprint density at radius 1 is 0.947 bits per heavy atom. The molecule has 0 aliphatic rings. The van der Waals surface area contributed by atoms with Crippen molar-refractivity contribution in [3.05, 3.63) is 54.6 Å². The molecule has 2 aromatic carbocycles. The Bertz CT molecular complexity index is 508. The Balaban J connectivity index is 2.22. The number of hydrogen-bond acceptors (Lipinski definition) is 2. The molecule has 2 unspecified atom stereocenters. The molecule has 100 valence electrons. The van der Waals surface area contributed by atoms with Crippen LogP contribution in [0.2, 0.25) is 0 Å². The first-order valence-electron chi connectivity index (χ1n) is 6.73. The van der Waals surface area contributed by atoms with Gasteiger partial charge in [0.1, 0.15) is 5.75 Å². The topological polar surface area (TPSA) is 35.2 Å². The molecule has 0 saturated carbocycles. The van der Waals surface area contributed by atoms with Gasteiger partial charge in [-0.3, -0.25) is 0 Å². The molecule has 2 aromatic rings. The molecule has 19 heavy (non-hydrogen) atoms. The van der Waals surface area contributed by atoms with Crippen LogP contribution in [0.1, 0.15) is 20.3 Å². The van der Waals surface area contributed by atoms with Gasteiger partial charge in [-0.25, -0.2) is 0 Å². The van der Waals surface area contributed by atoms with Gasteiger partial charge in [-0.2, -0.15) is 0 Å². The summed E-state index contributed by atoms with van der Waals surface area (Å²) < 4.78 is 6.03. The highest BCUT2D eigenvalue weighted by molar-refractivity contribution is 5.70. The van der Waals surface area contributed by atoms with Crippen LogP contribution < -0.4 is 10.5 Å². The van der Waals surface area contributed by atoms with E-state index in [0.717, 1.165) is 17.7 Å². The molecule has 2 heteroatoms. The van der Waals surface area contributed by atoms with E-state index >= 15 is 0 Å². The van der Waals surface area contributed by atoms with Crippen molar-refractivity contribution in [1.82, 2.24) is 0 Å². The molecule has 2 atom stereocenters. The highest BCUT2D eigenvalue weighted by atomic mass is 16.5. The first kappa shape index (κ1) is 13.6. The lowest BCUT2D eigenvalue weighted by Crippen LogP contribution is -2.24. The van der Waals surface area contributed by atoms with Crippen LogP contribution in [0.15, 0.2) is 54.6 Å². The van der Waals surface area contributed by atoms with E-state index in [1.807, 2.05) is 43.3 Å². The van der Waals surface area contributed by atoms with Gasteiger partial charge in [0.25, 0.3) is 0 Å². The molecule has 0 bridgehead atoms. The van der Waals surface area contributed by atoms with Gasteiger partial charge in [0.05, 0.1) is 6.10 Å². The predicted octanol–water partition coefficient (Wildman–Crippen LogP) is 3.86. The van der Waals surface area contributed by atoms with Gasteiger partial charge in [-0.15, -0.1) is 0 Å². The molecular weight excluding hydrogens is 234 g/mol. The maximum Gasteiger partial charge on any atom is 0.127 e. The van der Waals surface area contributed by atoms with Crippen molar-refractivity contribution in [1.29, 1.82) is 0 Å². The third kappa shape index (κ3) is 3.83. The smallest absolute Gasteiger partial charge is 0.127 e. The van der Waals surface area contributed by atoms with Crippen LogP contribution in [0, 0.1) is 0 Å². The van der Waals surface area contributed by atoms with E-state index in [-0.39, 0.29) is 12.1 Å². The lowest BCUT2D eigenvalue weighted by molar-refractivity contribution is 0.204. The molecule has 0 aliphatic carbocycles. The number of benzene rings is 2. The molecule has 2 nitrogen and oxygen atoms in total. The Morgan fingerprint density at radius 3 is 2.26 bits per heavy atom. The molecular formula is C17H21NO. The fraction of sp³-hybridized carbons (Fsp3) is 0.294. The molecule has 0 radical (unpaired) electrons. The summed E-state index contributed by atoms with van der Waals surface area (Å²) in [6.45, 7) is 4.06. The minimum atomic E-state index is 0.116. The van der Waals surface area contributed by atoms with Gasteiger partial charge >= 0.3 is 0 Å². The highest BCUT2D eigenvalue weighted by Gasteiger charge is 2.10. The second kappa shape index (κ2) is 6.39. The van der Waals surface area contributed by atoms with Crippen LogP contribution in [0.25, 0.3) is 11.1 Å². The summed E-state index contributed by atoms with van der Waals surface area (Å²) >= 11 is 0. The van der Waals surface area contributed by atoms with Crippen molar-refractivity contribution >= 4 is 0 Å². The van der Waals surface area contributed by atoms with E-state index in [2.05, 4.69) is 25.1 Å². The zero-order valence-corrected chi connectivity index (χ0v) is 11.5. The van der Waals surface area contributed by atoms with Crippen LogP contribution in [0.3, 0.4) is 0 Å². The molecule has 0 aliphatic heterocycles. The van der Waals surface area contributed by atoms with Crippen molar-refractivity contribution < 1.29 is 4.74 Å². The Kier molecular flexibility index (Phi) is 4.58. The molecule has 0 aromatic heterocycles. The van der Waals surface area contributed by atoms with Crippen LogP contribution in [0.4, 0.5) is 0 Å². The summed E-state index contributed by atoms with van der Waals surface area (Å²) in [4.78, 5) is 0. The maximum atomic E-state index is 6.03. The van der Waals surface area contributed by atoms with Crippen molar-refractivity contribution in [2.75, 3.05) is 0 Å². The van der Waals surface area contributed by atoms with Crippen molar-refractivity contribution in [3.63, 3.8) is 0 Å². The van der Waals surface area contributed by atoms with Crippen molar-refractivity contribution in [2.24, 2.45) is 5.73 Å². The van der Waals surface area contributed by atoms with Crippen LogP contribution in [0.5, 0.6) is 5.75 Å². The minimum absolute atomic E-state index is 0.116. The van der Waals surface area contributed by atoms with Gasteiger partial charge in [-0.05, 0) is 31.9 Å². The van der Waals surface area contributed by atoms with E-state index < -0.39 is 0 Å². The monoisotopic (exact) mass is 255 g/mol. The summed E-state index contributed by atoms with van der Waals surface area (Å²) in [5.74, 6) is 0.918. The largest absolute Gasteiger partial charge is 0.490 e. The third-order valence-electron chi connectivity index (χ3n) is 3.00. The van der Waals surface area contributed by atoms with Gasteiger partial charge in [0.15, 0.2) is 0 Å². The van der Waals surface area contributed by atoms with E-state index in [9.17, 15) is 0 Å². The fourth-order valence-electron chi connectivity index (χ4n) is 2.21. The number of para-hydroxylation sites is 1. The Morgan fingerprint density at radius 2 is 1.58 bits per heavy atom. The second-order valence-corrected chi connectivity index (χ2v) is 5.00. The van der Waals surface area contributed by atoms with Crippen LogP contribution in [-0.2, 0) is 0 Å². The van der Waals surface area contributed by atoms with Gasteiger partial charge in [0.2, 0.25) is 0 Å². The van der Waals surface area contributed by atoms with Crippen molar-refractivity contribution in [2.45, 2.75) is 32.4 Å². The maximum absolute atomic E-state index is 6.03. The SMILES string of the molecule is CC(N)CC(C)Oc1ccccc1-c1ccccc1. The van der Waals surface area contributed by atoms with E-state index in [1.165, 1.54) is 5.56 Å². The Labute approximate surface area is 115 Å². The lowest BCUT2D eigenvalue weighted by Gasteiger charge is -2.19. The normalized spacial score (nSPS) is 13.8. The predicted molar refractivity (Wildman–Crippen MR) is 80.2 cm³/mol. The number of ether oxygens (including phenoxy) is 1. The van der Waals surface area contributed by atoms with Gasteiger partial charge < -0.3 is 10.5 Å². The molecule has 0 saturated heterocycles. The lowest BCUT2D eigenvalue weighted by atomic mass is 10.0. The second-order valence-electron chi connectivity index (χ2n) is 5.00. The van der Waals surface area contributed by atoms with E-state index in [4.69, 9.17) is 10.5 Å². The zero-order valence-electron chi connectivity index (χ0n) is 11.5. The molecule has 0 spiro atoms. The molecule has 2 rings (SSSR count). The van der Waals surface area contributed by atoms with Gasteiger partial charge in [0, 0.05) is 11.6 Å². The molecule has 2 N–H and O–H groups in total. The van der Waals surface area contributed by atoms with E-state index in [1.54, 1.807) is 0 Å². The summed E-state index contributed by atoms with van der Waals surface area (Å²) in [7, 11) is 0. The first-order chi connectivity index (χ1) is 9.16. The minimum Gasteiger partial charge on any atom is -0.490 e. The number of hydrogen-bond donors (Lipinski definition) is 1. The van der Waals surface area contributed by atoms with Gasteiger partial charge in [-0.1, -0.05) is 48.5 Å². The molecule has 0 amide bonds. The average Bonchev–Trinajstić information content (AvgIpc) is 2.39. The standard InChI is InChI=1S/C17H21NO/c1-13(18)12-14(2)19-17-11-7-6-10-16(17)15-8-4-3-5-9-15/h3-11,13-14H,12,18H2,1-2H3. The zero-order chi connectivity index (χ0) is 13.7. The van der Waals surface area contributed by atoms with Crippen LogP contribution in [-0.4, -0.2) is 12.1 Å². The quantitative estimate of drug-likeness (QED) is 0.880. The third-order valence-corrected chi connectivity index (χ3v) is 3.00. The highest BCUT2D eigenvalue weighted by Crippen LogP contribution is 2.30. The molecule has 0 heterocycles. The molecule has 0 fully saturated rings. The first-order valence-corrected chi connectivity index (χ1v) is 6.73. The average molecular weight is 255 g/mol. The Hall–Kier alpha value is -1.80. The van der Waals surface area contributed by atoms with E-state index in [0.29, 0.717) is 0 Å². The summed E-state index contributed by atoms with van der Waals surface area (Å²) in [6.07, 6.45) is 0.966. The number of nitrogens with two attached hydrogens (primary N) is 1. The summed E-state index contributed by atoms with van der Waals surface area (Å²) in [5, 5.41) is 0. The number of rotatable bonds is 5. The van der Waals surface area contributed by atoms with Crippen molar-refractivity contribution in [3.8, 4) is 16.9 Å². The fourth-order valence-corrected chi connectivity index (χ4v) is 2.21. The summed E-state index contributed by atoms with van der Waals surface area (Å²) in [6, 6.07) is 18.6. The van der Waals surface area contributed by atoms with Crippen LogP contribution >= 0.6 is 0 Å². The summed E-state index contributed by atoms with van der Waals surface area (Å²) in [5.41, 5.74) is 8.11.